The van der Waals surface area contributed by atoms with E-state index in [4.69, 9.17) is 16.3 Å². The van der Waals surface area contributed by atoms with E-state index in [2.05, 4.69) is 20.9 Å². The Labute approximate surface area is 214 Å². The van der Waals surface area contributed by atoms with Crippen LogP contribution in [0.1, 0.15) is 21.5 Å². The smallest absolute Gasteiger partial charge is 0.335 e. The molecule has 0 radical (unpaired) electrons. The molecule has 1 aliphatic heterocycles. The van der Waals surface area contributed by atoms with E-state index in [9.17, 15) is 14.7 Å². The van der Waals surface area contributed by atoms with Gasteiger partial charge in [0.15, 0.2) is 5.17 Å². The van der Waals surface area contributed by atoms with Gasteiger partial charge in [0.05, 0.1) is 16.2 Å². The molecule has 0 aliphatic carbocycles. The molecule has 0 atom stereocenters. The Morgan fingerprint density at radius 2 is 1.97 bits per heavy atom. The summed E-state index contributed by atoms with van der Waals surface area (Å²) in [5.74, 6) is -0.647. The van der Waals surface area contributed by atoms with Crippen LogP contribution in [0.3, 0.4) is 0 Å². The summed E-state index contributed by atoms with van der Waals surface area (Å²) in [6.45, 7) is 0.283. The van der Waals surface area contributed by atoms with Crippen LogP contribution in [0.4, 0.5) is 5.69 Å². The number of ether oxygens (including phenoxy) is 1. The average Bonchev–Trinajstić information content (AvgIpc) is 3.07. The Morgan fingerprint density at radius 3 is 2.74 bits per heavy atom. The van der Waals surface area contributed by atoms with Crippen LogP contribution in [0.15, 0.2) is 81.1 Å². The van der Waals surface area contributed by atoms with E-state index < -0.39 is 5.97 Å². The number of carboxylic acid groups (broad SMARTS) is 1. The number of thioether (sulfide) groups is 1. The number of likely N-dealkylation sites (N-methyl/N-ethyl adjacent to an activating group) is 1. The minimum absolute atomic E-state index is 0.129. The molecule has 172 valence electrons. The van der Waals surface area contributed by atoms with Crippen molar-refractivity contribution in [2.75, 3.05) is 7.05 Å². The number of carboxylic acids is 1. The van der Waals surface area contributed by atoms with Crippen LogP contribution in [0.25, 0.3) is 6.08 Å². The molecule has 34 heavy (non-hydrogen) atoms. The van der Waals surface area contributed by atoms with Crippen molar-refractivity contribution in [1.82, 2.24) is 4.90 Å². The van der Waals surface area contributed by atoms with E-state index in [0.717, 1.165) is 15.6 Å². The molecule has 0 spiro atoms. The molecule has 6 nitrogen and oxygen atoms in total. The fourth-order valence-corrected chi connectivity index (χ4v) is 4.69. The maximum atomic E-state index is 12.9. The number of carbonyl (C=O) groups is 2. The van der Waals surface area contributed by atoms with E-state index in [0.29, 0.717) is 26.5 Å². The molecule has 1 N–H and O–H groups in total. The van der Waals surface area contributed by atoms with Crippen LogP contribution in [-0.2, 0) is 11.4 Å². The minimum Gasteiger partial charge on any atom is -0.488 e. The topological polar surface area (TPSA) is 79.2 Å². The lowest BCUT2D eigenvalue weighted by molar-refractivity contribution is -0.121. The van der Waals surface area contributed by atoms with Crippen molar-refractivity contribution in [1.29, 1.82) is 0 Å². The van der Waals surface area contributed by atoms with E-state index in [1.807, 2.05) is 36.4 Å². The third-order valence-electron chi connectivity index (χ3n) is 4.92. The summed E-state index contributed by atoms with van der Waals surface area (Å²) in [5, 5.41) is 10.3. The number of hydrogen-bond donors (Lipinski definition) is 1. The predicted molar refractivity (Wildman–Crippen MR) is 139 cm³/mol. The van der Waals surface area contributed by atoms with Crippen LogP contribution >= 0.6 is 39.3 Å². The van der Waals surface area contributed by atoms with Gasteiger partial charge in [0.1, 0.15) is 12.4 Å². The second kappa shape index (κ2) is 10.5. The first-order chi connectivity index (χ1) is 16.3. The Hall–Kier alpha value is -3.07. The van der Waals surface area contributed by atoms with Gasteiger partial charge < -0.3 is 9.84 Å². The first-order valence-electron chi connectivity index (χ1n) is 10.1. The molecule has 9 heteroatoms. The standard InChI is InChI=1S/C25H18BrClN2O4S/c1-29-23(30)22(34-25(29)28-19-7-4-6-15(12-19)24(31)32)13-17-11-18(26)9-10-21(17)33-14-16-5-2-3-8-20(16)27/h2-13H,14H2,1H3,(H,31,32)/b22-13+,28-25?. The molecule has 0 saturated carbocycles. The summed E-state index contributed by atoms with van der Waals surface area (Å²) in [7, 11) is 1.63. The summed E-state index contributed by atoms with van der Waals surface area (Å²) in [4.78, 5) is 30.5. The van der Waals surface area contributed by atoms with E-state index >= 15 is 0 Å². The second-order valence-corrected chi connectivity index (χ2v) is 9.62. The van der Waals surface area contributed by atoms with Crippen molar-refractivity contribution >= 4 is 68.1 Å². The third kappa shape index (κ3) is 5.52. The largest absolute Gasteiger partial charge is 0.488 e. The third-order valence-corrected chi connectivity index (χ3v) is 6.84. The molecule has 3 aromatic rings. The zero-order valence-electron chi connectivity index (χ0n) is 17.9. The molecule has 1 amide bonds. The summed E-state index contributed by atoms with van der Waals surface area (Å²) in [6, 6.07) is 19.3. The van der Waals surface area contributed by atoms with Gasteiger partial charge in [0.2, 0.25) is 0 Å². The van der Waals surface area contributed by atoms with Crippen molar-refractivity contribution in [3.8, 4) is 5.75 Å². The van der Waals surface area contributed by atoms with Gasteiger partial charge in [-0.1, -0.05) is 51.8 Å². The fourth-order valence-electron chi connectivity index (χ4n) is 3.15. The number of carbonyl (C=O) groups excluding carboxylic acids is 1. The van der Waals surface area contributed by atoms with Gasteiger partial charge in [0, 0.05) is 27.7 Å². The molecule has 0 unspecified atom stereocenters. The van der Waals surface area contributed by atoms with Crippen molar-refractivity contribution in [2.45, 2.75) is 6.61 Å². The Morgan fingerprint density at radius 1 is 1.18 bits per heavy atom. The predicted octanol–water partition coefficient (Wildman–Crippen LogP) is 6.61. The molecular weight excluding hydrogens is 540 g/mol. The summed E-state index contributed by atoms with van der Waals surface area (Å²) >= 11 is 10.9. The van der Waals surface area contributed by atoms with Crippen LogP contribution in [0, 0.1) is 0 Å². The molecule has 1 heterocycles. The number of benzene rings is 3. The zero-order chi connectivity index (χ0) is 24.2. The lowest BCUT2D eigenvalue weighted by Crippen LogP contribution is -2.23. The van der Waals surface area contributed by atoms with E-state index in [1.54, 1.807) is 31.3 Å². The maximum Gasteiger partial charge on any atom is 0.335 e. The number of amides is 1. The SMILES string of the molecule is CN1C(=O)/C(=C\c2cc(Br)ccc2OCc2ccccc2Cl)SC1=Nc1cccc(C(=O)O)c1. The molecule has 1 saturated heterocycles. The molecule has 4 rings (SSSR count). The highest BCUT2D eigenvalue weighted by molar-refractivity contribution is 9.10. The van der Waals surface area contributed by atoms with Crippen LogP contribution in [-0.4, -0.2) is 34.1 Å². The van der Waals surface area contributed by atoms with Gasteiger partial charge in [-0.3, -0.25) is 9.69 Å². The lowest BCUT2D eigenvalue weighted by Gasteiger charge is -2.11. The molecule has 1 aliphatic rings. The van der Waals surface area contributed by atoms with Gasteiger partial charge in [-0.2, -0.15) is 0 Å². The lowest BCUT2D eigenvalue weighted by atomic mass is 10.1. The Balaban J connectivity index is 1.61. The Bertz CT molecular complexity index is 1340. The number of nitrogens with zero attached hydrogens (tertiary/aromatic N) is 2. The van der Waals surface area contributed by atoms with Crippen molar-refractivity contribution in [2.24, 2.45) is 4.99 Å². The highest BCUT2D eigenvalue weighted by Gasteiger charge is 2.30. The molecular formula is C25H18BrClN2O4S. The maximum absolute atomic E-state index is 12.9. The van der Waals surface area contributed by atoms with E-state index in [1.165, 1.54) is 28.8 Å². The number of halogens is 2. The molecule has 0 bridgehead atoms. The van der Waals surface area contributed by atoms with Crippen molar-refractivity contribution in [3.05, 3.63) is 97.8 Å². The number of aromatic carboxylic acids is 1. The van der Waals surface area contributed by atoms with Crippen LogP contribution < -0.4 is 4.74 Å². The van der Waals surface area contributed by atoms with Gasteiger partial charge >= 0.3 is 5.97 Å². The van der Waals surface area contributed by atoms with Crippen LogP contribution in [0.5, 0.6) is 5.75 Å². The van der Waals surface area contributed by atoms with Crippen molar-refractivity contribution in [3.63, 3.8) is 0 Å². The summed E-state index contributed by atoms with van der Waals surface area (Å²) < 4.78 is 6.86. The first-order valence-corrected chi connectivity index (χ1v) is 12.1. The van der Waals surface area contributed by atoms with Crippen LogP contribution in [0.2, 0.25) is 5.02 Å². The van der Waals surface area contributed by atoms with Gasteiger partial charge in [-0.15, -0.1) is 0 Å². The number of aliphatic imine (C=N–C) groups is 1. The molecule has 0 aromatic heterocycles. The molecule has 3 aromatic carbocycles. The minimum atomic E-state index is -1.04. The van der Waals surface area contributed by atoms with Gasteiger partial charge in [-0.05, 0) is 60.3 Å². The van der Waals surface area contributed by atoms with Crippen molar-refractivity contribution < 1.29 is 19.4 Å². The first kappa shape index (κ1) is 24.1. The van der Waals surface area contributed by atoms with E-state index in [-0.39, 0.29) is 18.1 Å². The number of rotatable bonds is 6. The van der Waals surface area contributed by atoms with Gasteiger partial charge in [0.25, 0.3) is 5.91 Å². The highest BCUT2D eigenvalue weighted by atomic mass is 79.9. The van der Waals surface area contributed by atoms with Gasteiger partial charge in [-0.25, -0.2) is 9.79 Å². The zero-order valence-corrected chi connectivity index (χ0v) is 21.0. The summed E-state index contributed by atoms with van der Waals surface area (Å²) in [5.41, 5.74) is 2.16. The normalized spacial score (nSPS) is 15.9. The quantitative estimate of drug-likeness (QED) is 0.345. The Kier molecular flexibility index (Phi) is 7.41. The number of amidine groups is 1. The second-order valence-electron chi connectivity index (χ2n) is 7.29. The average molecular weight is 558 g/mol. The monoisotopic (exact) mass is 556 g/mol. The fraction of sp³-hybridized carbons (Fsp3) is 0.0800. The molecule has 1 fully saturated rings. The highest BCUT2D eigenvalue weighted by Crippen LogP contribution is 2.36. The summed E-state index contributed by atoms with van der Waals surface area (Å²) in [6.07, 6.45) is 1.76. The number of hydrogen-bond acceptors (Lipinski definition) is 5.